The van der Waals surface area contributed by atoms with Crippen LogP contribution in [0.25, 0.3) is 0 Å². The first-order chi connectivity index (χ1) is 10.2. The quantitative estimate of drug-likeness (QED) is 0.736. The van der Waals surface area contributed by atoms with Crippen molar-refractivity contribution in [1.29, 1.82) is 0 Å². The number of aliphatic hydroxyl groups excluding tert-OH is 2. The van der Waals surface area contributed by atoms with Crippen LogP contribution in [0.4, 0.5) is 0 Å². The molecule has 0 radical (unpaired) electrons. The second kappa shape index (κ2) is 7.48. The van der Waals surface area contributed by atoms with Crippen LogP contribution in [0.5, 0.6) is 11.5 Å². The zero-order valence-corrected chi connectivity index (χ0v) is 13.7. The monoisotopic (exact) mass is 354 g/mol. The third kappa shape index (κ3) is 3.39. The van der Waals surface area contributed by atoms with E-state index in [0.29, 0.717) is 0 Å². The average molecular weight is 353 g/mol. The number of methoxy groups -OCH3 is 2. The Kier molecular flexibility index (Phi) is 5.65. The molecule has 2 aromatic carbocycles. The van der Waals surface area contributed by atoms with Crippen molar-refractivity contribution in [3.8, 4) is 11.5 Å². The van der Waals surface area contributed by atoms with Gasteiger partial charge in [-0.25, -0.2) is 0 Å². The Hall–Kier alpha value is -1.52. The van der Waals surface area contributed by atoms with Crippen LogP contribution >= 0.6 is 0 Å². The van der Waals surface area contributed by atoms with E-state index in [-0.39, 0.29) is 28.2 Å². The summed E-state index contributed by atoms with van der Waals surface area (Å²) in [5.74, 6) is 1.49. The fraction of sp³-hybridized carbons (Fsp3) is 0.250. The number of ether oxygens (including phenoxy) is 2. The molecule has 21 heavy (non-hydrogen) atoms. The molecule has 0 aliphatic rings. The number of benzene rings is 2. The molecule has 0 fully saturated rings. The summed E-state index contributed by atoms with van der Waals surface area (Å²) in [6.45, 7) is -0.0875. The van der Waals surface area contributed by atoms with Gasteiger partial charge in [0.2, 0.25) is 0 Å². The summed E-state index contributed by atoms with van der Waals surface area (Å²) in [5, 5.41) is 19.1. The topological polar surface area (TPSA) is 58.9 Å². The summed E-state index contributed by atoms with van der Waals surface area (Å²) in [6, 6.07) is 11.2. The van der Waals surface area contributed by atoms with Crippen LogP contribution in [0, 0.1) is 0 Å². The van der Waals surface area contributed by atoms with E-state index in [1.807, 2.05) is 36.4 Å². The van der Waals surface area contributed by atoms with Gasteiger partial charge in [-0.05, 0) is 0 Å². The fourth-order valence-corrected chi connectivity index (χ4v) is 4.62. The molecule has 0 atom stereocenters. The van der Waals surface area contributed by atoms with Crippen molar-refractivity contribution in [1.82, 2.24) is 0 Å². The van der Waals surface area contributed by atoms with Gasteiger partial charge in [0.15, 0.2) is 0 Å². The number of hydrogen-bond acceptors (Lipinski definition) is 4. The van der Waals surface area contributed by atoms with Gasteiger partial charge in [-0.15, -0.1) is 0 Å². The molecule has 2 rings (SSSR count). The molecule has 0 heterocycles. The Labute approximate surface area is 130 Å². The molecule has 0 unspecified atom stereocenters. The minimum absolute atomic E-state index is 0.0438. The van der Waals surface area contributed by atoms with Crippen LogP contribution in [0.3, 0.4) is 0 Å². The molecule has 0 amide bonds. The van der Waals surface area contributed by atoms with Gasteiger partial charge in [-0.3, -0.25) is 0 Å². The van der Waals surface area contributed by atoms with Crippen molar-refractivity contribution in [2.75, 3.05) is 14.2 Å². The standard InChI is InChI=1S/C16H18O4Se/c1-19-13-7-3-5-11(9-17)15(13)21-16-12(10-18)6-4-8-14(16)20-2/h3-8,17-18H,9-10H2,1-2H3. The molecule has 0 saturated heterocycles. The maximum absolute atomic E-state index is 9.54. The molecule has 0 spiro atoms. The average Bonchev–Trinajstić information content (AvgIpc) is 2.55. The van der Waals surface area contributed by atoms with Gasteiger partial charge in [0.1, 0.15) is 0 Å². The Morgan fingerprint density at radius 1 is 0.810 bits per heavy atom. The van der Waals surface area contributed by atoms with E-state index in [9.17, 15) is 10.2 Å². The van der Waals surface area contributed by atoms with E-state index in [1.165, 1.54) is 0 Å². The predicted molar refractivity (Wildman–Crippen MR) is 82.9 cm³/mol. The van der Waals surface area contributed by atoms with Crippen LogP contribution in [0.15, 0.2) is 36.4 Å². The summed E-state index contributed by atoms with van der Waals surface area (Å²) >= 11 is -0.144. The van der Waals surface area contributed by atoms with Gasteiger partial charge in [-0.1, -0.05) is 0 Å². The fourth-order valence-electron chi connectivity index (χ4n) is 2.03. The van der Waals surface area contributed by atoms with Crippen molar-refractivity contribution in [3.63, 3.8) is 0 Å². The summed E-state index contributed by atoms with van der Waals surface area (Å²) in [5.41, 5.74) is 1.67. The van der Waals surface area contributed by atoms with Crippen LogP contribution < -0.4 is 18.4 Å². The first kappa shape index (κ1) is 15.9. The molecule has 5 heteroatoms. The van der Waals surface area contributed by atoms with Crippen molar-refractivity contribution in [3.05, 3.63) is 47.5 Å². The van der Waals surface area contributed by atoms with Gasteiger partial charge in [-0.2, -0.15) is 0 Å². The Bertz CT molecular complexity index is 515. The molecule has 2 N–H and O–H groups in total. The summed E-state index contributed by atoms with van der Waals surface area (Å²) in [4.78, 5) is 0. The molecular weight excluding hydrogens is 335 g/mol. The molecule has 0 aliphatic heterocycles. The first-order valence-electron chi connectivity index (χ1n) is 6.46. The Balaban J connectivity index is 2.52. The van der Waals surface area contributed by atoms with E-state index < -0.39 is 0 Å². The second-order valence-corrected chi connectivity index (χ2v) is 6.46. The molecular formula is C16H18O4Se. The van der Waals surface area contributed by atoms with Crippen molar-refractivity contribution >= 4 is 23.9 Å². The van der Waals surface area contributed by atoms with Gasteiger partial charge in [0, 0.05) is 0 Å². The van der Waals surface area contributed by atoms with Gasteiger partial charge in [0.25, 0.3) is 0 Å². The first-order valence-corrected chi connectivity index (χ1v) is 8.17. The van der Waals surface area contributed by atoms with E-state index in [0.717, 1.165) is 31.5 Å². The van der Waals surface area contributed by atoms with Gasteiger partial charge >= 0.3 is 130 Å². The molecule has 0 bridgehead atoms. The van der Waals surface area contributed by atoms with E-state index in [4.69, 9.17) is 9.47 Å². The maximum atomic E-state index is 9.54. The molecule has 0 aliphatic carbocycles. The minimum atomic E-state index is -0.144. The number of rotatable bonds is 6. The summed E-state index contributed by atoms with van der Waals surface area (Å²) < 4.78 is 12.8. The molecule has 0 saturated carbocycles. The van der Waals surface area contributed by atoms with Crippen LogP contribution in [0.1, 0.15) is 11.1 Å². The third-order valence-electron chi connectivity index (χ3n) is 3.11. The van der Waals surface area contributed by atoms with Crippen molar-refractivity contribution in [2.24, 2.45) is 0 Å². The van der Waals surface area contributed by atoms with Crippen LogP contribution in [-0.2, 0) is 13.2 Å². The van der Waals surface area contributed by atoms with Gasteiger partial charge < -0.3 is 0 Å². The second-order valence-electron chi connectivity index (χ2n) is 4.32. The van der Waals surface area contributed by atoms with Crippen molar-refractivity contribution < 1.29 is 19.7 Å². The van der Waals surface area contributed by atoms with Crippen molar-refractivity contribution in [2.45, 2.75) is 13.2 Å². The summed E-state index contributed by atoms with van der Waals surface area (Å²) in [6.07, 6.45) is 0. The Morgan fingerprint density at radius 3 is 1.57 bits per heavy atom. The van der Waals surface area contributed by atoms with Crippen LogP contribution in [-0.4, -0.2) is 39.4 Å². The Morgan fingerprint density at radius 2 is 1.24 bits per heavy atom. The van der Waals surface area contributed by atoms with E-state index >= 15 is 0 Å². The molecule has 4 nitrogen and oxygen atoms in total. The van der Waals surface area contributed by atoms with E-state index in [2.05, 4.69) is 0 Å². The summed E-state index contributed by atoms with van der Waals surface area (Å²) in [7, 11) is 3.23. The predicted octanol–water partition coefficient (Wildman–Crippen LogP) is 0.343. The van der Waals surface area contributed by atoms with Crippen LogP contribution in [0.2, 0.25) is 0 Å². The molecule has 2 aromatic rings. The SMILES string of the molecule is COc1cccc(CO)c1[Se]c1c(CO)cccc1OC. The number of aliphatic hydroxyl groups is 2. The zero-order chi connectivity index (χ0) is 15.2. The molecule has 0 aromatic heterocycles. The zero-order valence-electron chi connectivity index (χ0n) is 12.0. The normalized spacial score (nSPS) is 10.5. The third-order valence-corrected chi connectivity index (χ3v) is 5.91. The number of hydrogen-bond donors (Lipinski definition) is 2. The van der Waals surface area contributed by atoms with E-state index in [1.54, 1.807) is 14.2 Å². The van der Waals surface area contributed by atoms with Gasteiger partial charge in [0.05, 0.1) is 0 Å². The molecule has 112 valence electrons.